The average Bonchev–Trinajstić information content (AvgIpc) is 3.66. The van der Waals surface area contributed by atoms with Crippen LogP contribution in [-0.2, 0) is 16.5 Å². The highest BCUT2D eigenvalue weighted by atomic mass is 16.5. The summed E-state index contributed by atoms with van der Waals surface area (Å²) in [4.78, 5) is 2.64. The zero-order chi connectivity index (χ0) is 34.2. The standard InChI is InChI=1S/C47H32N4O/c1-45(2)29-14-10-15-30-42(29)49-43-31(45)19-22-37-40(43)47-39-36(52-37)21-17-28-27-13-8-9-16-33(27)48(41(28)39)38-24-26(25-11-6-5-7-12-25)23-35(50(38)47)34-20-18-32(46(30,3)4)44(49)51(34)47/h5-24H,1-4H3/q+2. The van der Waals surface area contributed by atoms with E-state index in [1.807, 2.05) is 0 Å². The first kappa shape index (κ1) is 26.6. The van der Waals surface area contributed by atoms with Gasteiger partial charge < -0.3 is 4.74 Å². The summed E-state index contributed by atoms with van der Waals surface area (Å²) in [6, 6.07) is 45.6. The quantitative estimate of drug-likeness (QED) is 0.163. The lowest BCUT2D eigenvalue weighted by molar-refractivity contribution is -0.932. The third kappa shape index (κ3) is 2.43. The van der Waals surface area contributed by atoms with Crippen molar-refractivity contribution in [3.05, 3.63) is 155 Å². The molecule has 5 nitrogen and oxygen atoms in total. The van der Waals surface area contributed by atoms with Crippen LogP contribution in [0.15, 0.2) is 121 Å². The van der Waals surface area contributed by atoms with Gasteiger partial charge in [0.1, 0.15) is 33.8 Å². The topological polar surface area (TPSA) is 25.2 Å². The lowest BCUT2D eigenvalue weighted by Crippen LogP contribution is -2.76. The molecule has 5 aromatic carbocycles. The maximum Gasteiger partial charge on any atom is 0.323 e. The normalized spacial score (nSPS) is 19.7. The van der Waals surface area contributed by atoms with Gasteiger partial charge in [-0.25, -0.2) is 0 Å². The van der Waals surface area contributed by atoms with Crippen LogP contribution < -0.4 is 18.8 Å². The number of fused-ring (bicyclic) bond motifs is 5. The number of ether oxygens (including phenoxy) is 1. The van der Waals surface area contributed by atoms with E-state index < -0.39 is 5.66 Å². The van der Waals surface area contributed by atoms with E-state index in [1.165, 1.54) is 101 Å². The fraction of sp³-hybridized carbons (Fsp3) is 0.149. The van der Waals surface area contributed by atoms with E-state index in [-0.39, 0.29) is 10.8 Å². The maximum atomic E-state index is 7.17. The van der Waals surface area contributed by atoms with E-state index in [0.29, 0.717) is 0 Å². The molecule has 0 saturated carbocycles. The zero-order valence-electron chi connectivity index (χ0n) is 29.2. The second kappa shape index (κ2) is 7.83. The highest BCUT2D eigenvalue weighted by Gasteiger charge is 2.72. The smallest absolute Gasteiger partial charge is 0.323 e. The summed E-state index contributed by atoms with van der Waals surface area (Å²) in [6.45, 7) is 9.68. The zero-order valence-corrected chi connectivity index (χ0v) is 29.2. The molecule has 0 saturated heterocycles. The lowest BCUT2D eigenvalue weighted by Gasteiger charge is -2.50. The van der Waals surface area contributed by atoms with Gasteiger partial charge in [-0.15, -0.1) is 0 Å². The van der Waals surface area contributed by atoms with Gasteiger partial charge in [-0.3, -0.25) is 0 Å². The van der Waals surface area contributed by atoms with Crippen molar-refractivity contribution in [3.63, 3.8) is 0 Å². The Bertz CT molecular complexity index is 3100. The molecule has 0 radical (unpaired) electrons. The third-order valence-electron chi connectivity index (χ3n) is 13.6. The molecule has 0 fully saturated rings. The van der Waals surface area contributed by atoms with E-state index in [4.69, 9.17) is 4.74 Å². The summed E-state index contributed by atoms with van der Waals surface area (Å²) >= 11 is 0. The Morgan fingerprint density at radius 1 is 0.538 bits per heavy atom. The van der Waals surface area contributed by atoms with Gasteiger partial charge in [0.05, 0.1) is 5.56 Å². The summed E-state index contributed by atoms with van der Waals surface area (Å²) < 4.78 is 15.1. The van der Waals surface area contributed by atoms with Crippen LogP contribution in [0.5, 0.6) is 11.5 Å². The van der Waals surface area contributed by atoms with E-state index in [2.05, 4.69) is 168 Å². The van der Waals surface area contributed by atoms with Gasteiger partial charge in [-0.2, -0.15) is 18.6 Å². The minimum atomic E-state index is -0.703. The highest BCUT2D eigenvalue weighted by molar-refractivity contribution is 6.12. The monoisotopic (exact) mass is 668 g/mol. The largest absolute Gasteiger partial charge is 0.456 e. The Morgan fingerprint density at radius 2 is 1.25 bits per heavy atom. The van der Waals surface area contributed by atoms with Gasteiger partial charge in [-0.1, -0.05) is 94.4 Å². The number of pyridine rings is 2. The van der Waals surface area contributed by atoms with Gasteiger partial charge in [0.2, 0.25) is 0 Å². The van der Waals surface area contributed by atoms with Gasteiger partial charge >= 0.3 is 5.66 Å². The summed E-state index contributed by atoms with van der Waals surface area (Å²) in [7, 11) is 0. The van der Waals surface area contributed by atoms with Crippen molar-refractivity contribution >= 4 is 39.0 Å². The average molecular weight is 669 g/mol. The third-order valence-corrected chi connectivity index (χ3v) is 13.6. The molecular formula is C47H32N4O+2. The van der Waals surface area contributed by atoms with E-state index in [0.717, 1.165) is 11.5 Å². The number of para-hydroxylation sites is 2. The van der Waals surface area contributed by atoms with Gasteiger partial charge in [0.25, 0.3) is 11.6 Å². The highest BCUT2D eigenvalue weighted by Crippen LogP contribution is 2.67. The van der Waals surface area contributed by atoms with E-state index in [1.54, 1.807) is 0 Å². The molecule has 6 aliphatic heterocycles. The van der Waals surface area contributed by atoms with Crippen LogP contribution in [0.4, 0.5) is 17.2 Å². The van der Waals surface area contributed by atoms with Crippen LogP contribution in [0.3, 0.4) is 0 Å². The predicted molar refractivity (Wildman–Crippen MR) is 203 cm³/mol. The molecule has 0 aliphatic carbocycles. The molecule has 1 spiro atoms. The minimum Gasteiger partial charge on any atom is -0.456 e. The number of nitrogens with zero attached hydrogens (tertiary/aromatic N) is 4. The molecule has 1 atom stereocenters. The summed E-state index contributed by atoms with van der Waals surface area (Å²) in [5.74, 6) is 4.31. The van der Waals surface area contributed by atoms with Crippen molar-refractivity contribution in [1.29, 1.82) is 0 Å². The second-order valence-electron chi connectivity index (χ2n) is 16.6. The van der Waals surface area contributed by atoms with Crippen LogP contribution in [0.1, 0.15) is 61.1 Å². The number of hydrogen-bond acceptors (Lipinski definition) is 2. The molecule has 9 heterocycles. The molecule has 0 bridgehead atoms. The first-order chi connectivity index (χ1) is 25.3. The van der Waals surface area contributed by atoms with Gasteiger partial charge in [0, 0.05) is 44.4 Å². The van der Waals surface area contributed by atoms with Gasteiger partial charge in [0.15, 0.2) is 22.6 Å². The number of hydrogen-bond donors (Lipinski definition) is 0. The fourth-order valence-electron chi connectivity index (χ4n) is 11.5. The summed E-state index contributed by atoms with van der Waals surface area (Å²) in [5, 5.41) is 2.52. The van der Waals surface area contributed by atoms with Gasteiger partial charge in [-0.05, 0) is 59.7 Å². The molecular weight excluding hydrogens is 637 g/mol. The molecule has 0 N–H and O–H groups in total. The number of anilines is 3. The first-order valence-corrected chi connectivity index (χ1v) is 18.5. The number of aromatic nitrogens is 3. The fourth-order valence-corrected chi connectivity index (χ4v) is 11.5. The maximum absolute atomic E-state index is 7.17. The van der Waals surface area contributed by atoms with Crippen LogP contribution >= 0.6 is 0 Å². The Balaban J connectivity index is 1.29. The SMILES string of the molecule is CC1(C)c2cccc3c2N2c4c1ccc1c4C45c6c(ccc7c8ccccc8n(c67)-c6cc(-c7ccccc7)cc([n+]64)-c4ccc(c2[n+]45)C3(C)C)O1. The molecule has 52 heavy (non-hydrogen) atoms. The molecule has 14 rings (SSSR count). The Labute approximate surface area is 300 Å². The molecule has 0 amide bonds. The van der Waals surface area contributed by atoms with Crippen LogP contribution in [0, 0.1) is 0 Å². The van der Waals surface area contributed by atoms with Crippen molar-refractivity contribution in [2.45, 2.75) is 44.2 Å². The molecule has 3 aromatic heterocycles. The summed E-state index contributed by atoms with van der Waals surface area (Å²) in [5.41, 5.74) is 16.7. The van der Waals surface area contributed by atoms with Crippen LogP contribution in [0.2, 0.25) is 0 Å². The van der Waals surface area contributed by atoms with Crippen LogP contribution in [0.25, 0.3) is 50.1 Å². The first-order valence-electron chi connectivity index (χ1n) is 18.5. The van der Waals surface area contributed by atoms with Crippen molar-refractivity contribution in [1.82, 2.24) is 4.57 Å². The van der Waals surface area contributed by atoms with Crippen molar-refractivity contribution in [3.8, 4) is 39.8 Å². The minimum absolute atomic E-state index is 0.223. The van der Waals surface area contributed by atoms with E-state index in [9.17, 15) is 0 Å². The molecule has 244 valence electrons. The summed E-state index contributed by atoms with van der Waals surface area (Å²) in [6.07, 6.45) is 0. The van der Waals surface area contributed by atoms with Crippen molar-refractivity contribution in [2.75, 3.05) is 4.90 Å². The Morgan fingerprint density at radius 3 is 2.10 bits per heavy atom. The van der Waals surface area contributed by atoms with Crippen molar-refractivity contribution in [2.24, 2.45) is 0 Å². The number of benzene rings is 5. The van der Waals surface area contributed by atoms with Crippen LogP contribution in [-0.4, -0.2) is 4.57 Å². The van der Waals surface area contributed by atoms with E-state index >= 15 is 0 Å². The Kier molecular flexibility index (Phi) is 4.00. The lowest BCUT2D eigenvalue weighted by atomic mass is 9.64. The Hall–Kier alpha value is -6.20. The molecule has 6 aliphatic rings. The predicted octanol–water partition coefficient (Wildman–Crippen LogP) is 9.78. The van der Waals surface area contributed by atoms with Crippen molar-refractivity contribution < 1.29 is 13.9 Å². The molecule has 1 unspecified atom stereocenters. The second-order valence-corrected chi connectivity index (χ2v) is 16.6. The number of rotatable bonds is 1. The molecule has 5 heteroatoms. The molecule has 8 aromatic rings.